The fourth-order valence-corrected chi connectivity index (χ4v) is 5.51. The first-order valence-electron chi connectivity index (χ1n) is 9.38. The fraction of sp³-hybridized carbons (Fsp3) is 0.455. The standard InChI is InChI=1S/C22H29BrIO/c23-18-12-5-3-1-2-4-6-13-19-25-22-17-11-10-16-21(22)24-20-14-8-7-9-15-20/h7-11,14-17H,1-6,12-13,18-19H2/q+1. The number of ether oxygens (including phenoxy) is 1. The highest BCUT2D eigenvalue weighted by Crippen LogP contribution is 2.12. The number of hydrogen-bond donors (Lipinski definition) is 0. The summed E-state index contributed by atoms with van der Waals surface area (Å²) in [5.41, 5.74) is 0. The average Bonchev–Trinajstić information content (AvgIpc) is 2.65. The third-order valence-corrected chi connectivity index (χ3v) is 7.44. The van der Waals surface area contributed by atoms with E-state index in [1.807, 2.05) is 0 Å². The Morgan fingerprint density at radius 3 is 2.00 bits per heavy atom. The van der Waals surface area contributed by atoms with Gasteiger partial charge < -0.3 is 4.74 Å². The van der Waals surface area contributed by atoms with Crippen molar-refractivity contribution in [3.05, 3.63) is 61.7 Å². The normalized spacial score (nSPS) is 10.8. The maximum atomic E-state index is 6.09. The molecule has 1 nitrogen and oxygen atoms in total. The Labute approximate surface area is 172 Å². The summed E-state index contributed by atoms with van der Waals surface area (Å²) < 4.78 is 8.92. The molecule has 0 saturated heterocycles. The summed E-state index contributed by atoms with van der Waals surface area (Å²) in [6, 6.07) is 19.3. The molecule has 0 aromatic heterocycles. The molecule has 0 fully saturated rings. The van der Waals surface area contributed by atoms with Gasteiger partial charge in [0, 0.05) is 5.33 Å². The van der Waals surface area contributed by atoms with Gasteiger partial charge >= 0.3 is 21.2 Å². The molecule has 0 saturated carbocycles. The largest absolute Gasteiger partial charge is 0.489 e. The Kier molecular flexibility index (Phi) is 11.3. The van der Waals surface area contributed by atoms with Crippen LogP contribution in [-0.4, -0.2) is 11.9 Å². The molecule has 0 N–H and O–H groups in total. The van der Waals surface area contributed by atoms with Crippen LogP contribution in [0.4, 0.5) is 0 Å². The van der Waals surface area contributed by atoms with Gasteiger partial charge in [-0.15, -0.1) is 0 Å². The van der Waals surface area contributed by atoms with Crippen LogP contribution >= 0.6 is 15.9 Å². The first-order valence-corrected chi connectivity index (χ1v) is 12.7. The molecule has 2 aromatic rings. The van der Waals surface area contributed by atoms with Gasteiger partial charge in [-0.1, -0.05) is 84.8 Å². The number of benzene rings is 2. The Hall–Kier alpha value is -0.550. The summed E-state index contributed by atoms with van der Waals surface area (Å²) in [6.45, 7) is 0.846. The minimum atomic E-state index is -0.161. The lowest BCUT2D eigenvalue weighted by Crippen LogP contribution is -3.61. The van der Waals surface area contributed by atoms with Gasteiger partial charge in [0.2, 0.25) is 3.57 Å². The third-order valence-electron chi connectivity index (χ3n) is 4.07. The van der Waals surface area contributed by atoms with Gasteiger partial charge in [0.1, 0.15) is 0 Å². The van der Waals surface area contributed by atoms with Crippen LogP contribution in [0.15, 0.2) is 54.6 Å². The number of hydrogen-bond acceptors (Lipinski definition) is 1. The third kappa shape index (κ3) is 9.09. The molecule has 0 bridgehead atoms. The molecule has 0 radical (unpaired) electrons. The molecular weight excluding hydrogens is 487 g/mol. The van der Waals surface area contributed by atoms with Crippen molar-refractivity contribution in [2.75, 3.05) is 11.9 Å². The van der Waals surface area contributed by atoms with Crippen molar-refractivity contribution >= 4 is 15.9 Å². The second-order valence-corrected chi connectivity index (χ2v) is 9.93. The van der Waals surface area contributed by atoms with Crippen LogP contribution in [0.2, 0.25) is 0 Å². The van der Waals surface area contributed by atoms with Crippen molar-refractivity contribution < 1.29 is 25.9 Å². The van der Waals surface area contributed by atoms with Crippen LogP contribution in [0.25, 0.3) is 0 Å². The van der Waals surface area contributed by atoms with Crippen LogP contribution in [0.5, 0.6) is 5.75 Å². The lowest BCUT2D eigenvalue weighted by Gasteiger charge is -2.06. The van der Waals surface area contributed by atoms with E-state index in [-0.39, 0.29) is 21.2 Å². The molecule has 0 aliphatic rings. The van der Waals surface area contributed by atoms with Crippen molar-refractivity contribution in [1.82, 2.24) is 0 Å². The van der Waals surface area contributed by atoms with Crippen LogP contribution in [0.3, 0.4) is 0 Å². The summed E-state index contributed by atoms with van der Waals surface area (Å²) in [7, 11) is 0. The van der Waals surface area contributed by atoms with E-state index in [1.165, 1.54) is 58.5 Å². The molecule has 0 aliphatic carbocycles. The van der Waals surface area contributed by atoms with E-state index < -0.39 is 0 Å². The van der Waals surface area contributed by atoms with Gasteiger partial charge in [-0.2, -0.15) is 0 Å². The summed E-state index contributed by atoms with van der Waals surface area (Å²) in [4.78, 5) is 0. The van der Waals surface area contributed by atoms with Gasteiger partial charge in [0.25, 0.3) is 0 Å². The number of halogens is 2. The van der Waals surface area contributed by atoms with Crippen molar-refractivity contribution in [1.29, 1.82) is 0 Å². The van der Waals surface area contributed by atoms with E-state index in [0.717, 1.165) is 17.7 Å². The highest BCUT2D eigenvalue weighted by molar-refractivity contribution is 9.09. The van der Waals surface area contributed by atoms with Gasteiger partial charge in [0.05, 0.1) is 6.61 Å². The van der Waals surface area contributed by atoms with E-state index in [2.05, 4.69) is 70.5 Å². The molecule has 0 aliphatic heterocycles. The first kappa shape index (κ1) is 20.8. The van der Waals surface area contributed by atoms with Gasteiger partial charge in [-0.05, 0) is 37.1 Å². The Morgan fingerprint density at radius 2 is 1.28 bits per heavy atom. The lowest BCUT2D eigenvalue weighted by atomic mass is 10.1. The summed E-state index contributed by atoms with van der Waals surface area (Å²) in [6.07, 6.45) is 10.6. The quantitative estimate of drug-likeness (QED) is 0.224. The second-order valence-electron chi connectivity index (χ2n) is 6.19. The zero-order valence-corrected chi connectivity index (χ0v) is 18.7. The van der Waals surface area contributed by atoms with E-state index >= 15 is 0 Å². The van der Waals surface area contributed by atoms with Crippen molar-refractivity contribution in [3.8, 4) is 5.75 Å². The topological polar surface area (TPSA) is 9.23 Å². The van der Waals surface area contributed by atoms with Gasteiger partial charge in [0.15, 0.2) is 9.32 Å². The van der Waals surface area contributed by atoms with Crippen molar-refractivity contribution in [2.45, 2.75) is 51.4 Å². The minimum absolute atomic E-state index is 0.161. The Balaban J connectivity index is 1.63. The number of unbranched alkanes of at least 4 members (excludes halogenated alkanes) is 7. The average molecular weight is 516 g/mol. The highest BCUT2D eigenvalue weighted by Gasteiger charge is 2.20. The molecule has 0 unspecified atom stereocenters. The predicted molar refractivity (Wildman–Crippen MR) is 107 cm³/mol. The maximum Gasteiger partial charge on any atom is 0.362 e. The molecule has 25 heavy (non-hydrogen) atoms. The molecule has 2 rings (SSSR count). The highest BCUT2D eigenvalue weighted by atomic mass is 127. The van der Waals surface area contributed by atoms with Crippen molar-refractivity contribution in [3.63, 3.8) is 0 Å². The molecule has 136 valence electrons. The summed E-state index contributed by atoms with van der Waals surface area (Å²) in [5.74, 6) is 1.09. The van der Waals surface area contributed by atoms with Crippen LogP contribution in [0.1, 0.15) is 51.4 Å². The fourth-order valence-electron chi connectivity index (χ4n) is 2.67. The molecule has 3 heteroatoms. The van der Waals surface area contributed by atoms with Crippen LogP contribution in [-0.2, 0) is 0 Å². The number of rotatable bonds is 13. The maximum absolute atomic E-state index is 6.09. The van der Waals surface area contributed by atoms with Crippen molar-refractivity contribution in [2.24, 2.45) is 0 Å². The van der Waals surface area contributed by atoms with E-state index in [4.69, 9.17) is 4.74 Å². The van der Waals surface area contributed by atoms with Crippen LogP contribution in [0, 0.1) is 7.14 Å². The molecule has 0 amide bonds. The van der Waals surface area contributed by atoms with Gasteiger partial charge in [-0.3, -0.25) is 0 Å². The lowest BCUT2D eigenvalue weighted by molar-refractivity contribution is -0.598. The zero-order chi connectivity index (χ0) is 17.6. The summed E-state index contributed by atoms with van der Waals surface area (Å²) in [5, 5.41) is 1.15. The zero-order valence-electron chi connectivity index (χ0n) is 14.9. The predicted octanol–water partition coefficient (Wildman–Crippen LogP) is 3.71. The SMILES string of the molecule is BrCCCCCCCCCCOc1ccccc1[I+]c1ccccc1. The smallest absolute Gasteiger partial charge is 0.362 e. The molecule has 0 spiro atoms. The first-order chi connectivity index (χ1) is 12.4. The Morgan fingerprint density at radius 1 is 0.680 bits per heavy atom. The van der Waals surface area contributed by atoms with E-state index in [1.54, 1.807) is 0 Å². The van der Waals surface area contributed by atoms with Crippen LogP contribution < -0.4 is 25.9 Å². The number of para-hydroxylation sites is 1. The molecule has 2 aromatic carbocycles. The van der Waals surface area contributed by atoms with Gasteiger partial charge in [-0.25, -0.2) is 0 Å². The second kappa shape index (κ2) is 13.6. The summed E-state index contributed by atoms with van der Waals surface area (Å²) >= 11 is 3.33. The molecule has 0 heterocycles. The van der Waals surface area contributed by atoms with E-state index in [0.29, 0.717) is 0 Å². The Bertz CT molecular complexity index is 573. The monoisotopic (exact) mass is 515 g/mol. The molecular formula is C22H29BrIO+. The number of alkyl halides is 1. The molecule has 0 atom stereocenters. The minimum Gasteiger partial charge on any atom is -0.489 e. The van der Waals surface area contributed by atoms with E-state index in [9.17, 15) is 0 Å².